The molecule has 21 heavy (non-hydrogen) atoms. The van der Waals surface area contributed by atoms with Crippen molar-refractivity contribution in [2.75, 3.05) is 0 Å². The molecular weight excluding hydrogens is 304 g/mol. The second-order valence-electron chi connectivity index (χ2n) is 11.9. The van der Waals surface area contributed by atoms with Gasteiger partial charge >= 0.3 is 112 Å². The van der Waals surface area contributed by atoms with Gasteiger partial charge in [-0.25, -0.2) is 0 Å². The number of benzene rings is 1. The Morgan fingerprint density at radius 2 is 1.48 bits per heavy atom. The number of Topliss-reactive ketones (excluding diaryl/α,β-unsaturated/α-hetero) is 1. The molecule has 1 spiro atoms. The fourth-order valence-electron chi connectivity index (χ4n) is 18.1. The molecule has 2 nitrogen and oxygen atoms in total. The van der Waals surface area contributed by atoms with E-state index in [1.54, 1.807) is 0 Å². The summed E-state index contributed by atoms with van der Waals surface area (Å²) in [4.78, 5) is 23.2. The van der Waals surface area contributed by atoms with Crippen LogP contribution < -0.4 is 0 Å². The third kappa shape index (κ3) is 0.106. The zero-order chi connectivity index (χ0) is 13.3. The summed E-state index contributed by atoms with van der Waals surface area (Å²) in [7, 11) is 0. The van der Waals surface area contributed by atoms with Crippen LogP contribution in [0.25, 0.3) is 0 Å². The summed E-state index contributed by atoms with van der Waals surface area (Å²) in [6, 6.07) is 9.61. The van der Waals surface area contributed by atoms with Gasteiger partial charge in [0.2, 0.25) is 0 Å². The van der Waals surface area contributed by atoms with Crippen LogP contribution in [0.2, 0.25) is 47.7 Å². The molecule has 10 heterocycles. The Morgan fingerprint density at radius 3 is 1.86 bits per heavy atom. The molecule has 0 aliphatic carbocycles. The van der Waals surface area contributed by atoms with Gasteiger partial charge in [-0.3, -0.25) is 0 Å². The van der Waals surface area contributed by atoms with Gasteiger partial charge in [-0.2, -0.15) is 0 Å². The molecule has 11 rings (SSSR count). The Labute approximate surface area is 112 Å². The number of aliphatic hydroxyl groups excluding tert-OH is 1. The van der Waals surface area contributed by atoms with Gasteiger partial charge in [0.05, 0.1) is 0 Å². The van der Waals surface area contributed by atoms with Crippen LogP contribution in [0.15, 0.2) is 30.3 Å². The van der Waals surface area contributed by atoms with Crippen molar-refractivity contribution >= 4 is 5.78 Å². The van der Waals surface area contributed by atoms with Crippen LogP contribution in [0, 0.1) is 0 Å². The molecule has 108 valence electrons. The molecule has 0 saturated carbocycles. The Balaban J connectivity index is 1.29. The van der Waals surface area contributed by atoms with Gasteiger partial charge < -0.3 is 0 Å². The second-order valence-corrected chi connectivity index (χ2v) is 35.5. The molecule has 0 aromatic heterocycles. The normalized spacial score (nSPS) is 100.0. The van der Waals surface area contributed by atoms with Crippen molar-refractivity contribution in [1.82, 2.24) is 0 Å². The van der Waals surface area contributed by atoms with Crippen molar-refractivity contribution in [3.8, 4) is 0 Å². The zero-order valence-electron chi connectivity index (χ0n) is 11.4. The number of aliphatic hydroxyl groups is 1. The van der Waals surface area contributed by atoms with Crippen LogP contribution in [0.4, 0.5) is 0 Å². The van der Waals surface area contributed by atoms with E-state index in [4.69, 9.17) is 0 Å². The van der Waals surface area contributed by atoms with Crippen molar-refractivity contribution in [2.45, 2.75) is 53.8 Å². The van der Waals surface area contributed by atoms with E-state index in [2.05, 4.69) is 0 Å². The third-order valence-corrected chi connectivity index (χ3v) is 59.1. The van der Waals surface area contributed by atoms with Crippen LogP contribution in [-0.2, 0) is 6.51 Å². The number of rotatable bonds is 3. The number of carbonyl (C=O) groups is 1. The third-order valence-electron chi connectivity index (χ3n) is 16.5. The van der Waals surface area contributed by atoms with Crippen LogP contribution in [0.1, 0.15) is 10.4 Å². The topological polar surface area (TPSA) is 37.3 Å². The number of hydrogen-bond acceptors (Lipinski definition) is 2. The molecule has 1 aromatic rings. The molecule has 1 aromatic carbocycles. The van der Waals surface area contributed by atoms with Gasteiger partial charge in [0.1, 0.15) is 0 Å². The van der Waals surface area contributed by atoms with E-state index in [-0.39, 0.29) is 10.1 Å². The predicted molar refractivity (Wildman–Crippen MR) is 73.2 cm³/mol. The quantitative estimate of drug-likeness (QED) is 0.675. The molecule has 5 atom stereocenters. The van der Waals surface area contributed by atoms with E-state index >= 15 is 0 Å². The zero-order valence-corrected chi connectivity index (χ0v) is 12.5. The summed E-state index contributed by atoms with van der Waals surface area (Å²) >= 11 is 0. The summed E-state index contributed by atoms with van der Waals surface area (Å²) in [5, 5.41) is 11.3. The van der Waals surface area contributed by atoms with Crippen LogP contribution >= 0.6 is 0 Å². The molecular formula is C18H16FeO2. The number of fused-ring (bicyclic) bond motifs is 10. The van der Waals surface area contributed by atoms with E-state index in [9.17, 15) is 9.90 Å². The van der Waals surface area contributed by atoms with Gasteiger partial charge in [-0.05, 0) is 0 Å². The SMILES string of the molecule is O=C(c1ccccc1)C(O)[C]12[CH]3[CH]4[CH]5[CH]1[Fe]45321678[CH]2[CH]1[CH]6[CH]7[CH]28. The Kier molecular flexibility index (Phi) is 0.309. The molecule has 10 aliphatic rings. The molecule has 10 aliphatic heterocycles. The van der Waals surface area contributed by atoms with E-state index < -0.39 is 12.6 Å². The van der Waals surface area contributed by atoms with Crippen LogP contribution in [0.5, 0.6) is 0 Å². The first-order valence-electron chi connectivity index (χ1n) is 8.46. The van der Waals surface area contributed by atoms with E-state index in [0.717, 1.165) is 15.2 Å². The Bertz CT molecular complexity index is 1170. The minimum absolute atomic E-state index is 0.0728. The summed E-state index contributed by atoms with van der Waals surface area (Å²) < 4.78 is 0.284. The minimum atomic E-state index is -3.33. The van der Waals surface area contributed by atoms with Crippen LogP contribution in [-0.4, -0.2) is 17.0 Å². The fourth-order valence-corrected chi connectivity index (χ4v) is 92.7. The van der Waals surface area contributed by atoms with Gasteiger partial charge in [-0.1, -0.05) is 0 Å². The summed E-state index contributed by atoms with van der Waals surface area (Å²) in [6.07, 6.45) is -0.603. The summed E-state index contributed by atoms with van der Waals surface area (Å²) in [5.74, 6) is 0.0728. The average Bonchev–Trinajstić information content (AvgIpc) is 3.47. The maximum atomic E-state index is 13.0. The number of carbonyl (C=O) groups excluding carboxylic acids is 1. The predicted octanol–water partition coefficient (Wildman–Crippen LogP) is 3.99. The van der Waals surface area contributed by atoms with Gasteiger partial charge in [-0.15, -0.1) is 0 Å². The maximum absolute atomic E-state index is 13.0. The van der Waals surface area contributed by atoms with Crippen molar-refractivity contribution in [3.05, 3.63) is 35.9 Å². The van der Waals surface area contributed by atoms with E-state index in [0.29, 0.717) is 0 Å². The Morgan fingerprint density at radius 1 is 0.952 bits per heavy atom. The molecule has 5 unspecified atom stereocenters. The molecule has 10 fully saturated rings. The first-order chi connectivity index (χ1) is 9.97. The first kappa shape index (κ1) is 8.29. The molecule has 10 saturated heterocycles. The molecule has 0 bridgehead atoms. The summed E-state index contributed by atoms with van der Waals surface area (Å²) in [5.41, 5.74) is 0.751. The van der Waals surface area contributed by atoms with Crippen molar-refractivity contribution in [2.24, 2.45) is 0 Å². The van der Waals surface area contributed by atoms with Crippen LogP contribution in [0.3, 0.4) is 0 Å². The monoisotopic (exact) mass is 320 g/mol. The second kappa shape index (κ2) is 0.783. The van der Waals surface area contributed by atoms with Gasteiger partial charge in [0.25, 0.3) is 0 Å². The number of hydrogen-bond donors (Lipinski definition) is 1. The number of ketones is 1. The first-order valence-corrected chi connectivity index (χ1v) is 14.7. The molecule has 0 radical (unpaired) electrons. The Hall–Kier alpha value is -0.631. The summed E-state index contributed by atoms with van der Waals surface area (Å²) in [6.45, 7) is -3.33. The van der Waals surface area contributed by atoms with Gasteiger partial charge in [0.15, 0.2) is 0 Å². The van der Waals surface area contributed by atoms with Crippen molar-refractivity contribution in [3.63, 3.8) is 0 Å². The van der Waals surface area contributed by atoms with E-state index in [1.165, 1.54) is 33.7 Å². The standard InChI is InChI=1S/C13H11O2.C5H5.Fe/c14-12(10-6-2-1-3-7-10)13(15)11-8-4-5-9-11;1-2-4-5-3-1;/h1-9,13,15H;1-5H;. The average molecular weight is 320 g/mol. The molecule has 0 amide bonds. The molecule has 1 N–H and O–H groups in total. The van der Waals surface area contributed by atoms with Crippen molar-refractivity contribution in [1.29, 1.82) is 0 Å². The van der Waals surface area contributed by atoms with Crippen molar-refractivity contribution < 1.29 is 16.4 Å². The fraction of sp³-hybridized carbons (Fsp3) is 0.611. The molecule has 3 heteroatoms. The van der Waals surface area contributed by atoms with E-state index in [1.807, 2.05) is 30.3 Å². The van der Waals surface area contributed by atoms with Gasteiger partial charge in [0, 0.05) is 0 Å².